The van der Waals surface area contributed by atoms with E-state index in [0.717, 1.165) is 10.1 Å². The van der Waals surface area contributed by atoms with Crippen LogP contribution in [0.15, 0.2) is 27.4 Å². The average Bonchev–Trinajstić information content (AvgIpc) is 2.91. The quantitative estimate of drug-likeness (QED) is 0.721. The van der Waals surface area contributed by atoms with Crippen LogP contribution in [-0.4, -0.2) is 31.5 Å². The average molecular weight is 394 g/mol. The van der Waals surface area contributed by atoms with Gasteiger partial charge in [0.15, 0.2) is 4.34 Å². The maximum Gasteiger partial charge on any atom is 0.263 e. The lowest BCUT2D eigenvalue weighted by Crippen LogP contribution is -2.12. The Bertz CT molecular complexity index is 778. The fourth-order valence-electron chi connectivity index (χ4n) is 1.54. The number of aromatic nitrogens is 2. The Hall–Kier alpha value is -1.03. The summed E-state index contributed by atoms with van der Waals surface area (Å²) < 4.78 is 32.8. The van der Waals surface area contributed by atoms with E-state index in [0.29, 0.717) is 11.7 Å². The van der Waals surface area contributed by atoms with Crippen LogP contribution in [0.25, 0.3) is 0 Å². The molecule has 1 heterocycles. The number of ether oxygens (including phenoxy) is 1. The van der Waals surface area contributed by atoms with Crippen molar-refractivity contribution in [2.45, 2.75) is 23.1 Å². The number of methoxy groups -OCH3 is 1. The topological polar surface area (TPSA) is 81.2 Å². The second-order valence-electron chi connectivity index (χ2n) is 4.98. The van der Waals surface area contributed by atoms with E-state index in [4.69, 9.17) is 16.3 Å². The summed E-state index contributed by atoms with van der Waals surface area (Å²) in [7, 11) is -2.31. The second kappa shape index (κ2) is 7.69. The molecule has 0 spiro atoms. The minimum absolute atomic E-state index is 0.0369. The van der Waals surface area contributed by atoms with Gasteiger partial charge in [0, 0.05) is 5.75 Å². The summed E-state index contributed by atoms with van der Waals surface area (Å²) in [5.74, 6) is 1.83. The number of rotatable bonds is 7. The molecule has 0 atom stereocenters. The third-order valence-corrected chi connectivity index (χ3v) is 6.76. The van der Waals surface area contributed by atoms with E-state index in [1.165, 1.54) is 36.6 Å². The van der Waals surface area contributed by atoms with Gasteiger partial charge in [0.1, 0.15) is 5.75 Å². The first-order chi connectivity index (χ1) is 10.8. The number of sulfonamides is 1. The lowest BCUT2D eigenvalue weighted by Gasteiger charge is -2.07. The molecule has 0 bridgehead atoms. The standard InChI is InChI=1S/C13H16ClN3O3S3/c1-8(2)7-21-13-16-15-12(22-13)17-23(18,19)9-4-5-11(20-3)10(14)6-9/h4-6,8H,7H2,1-3H3,(H,15,17). The number of nitrogens with one attached hydrogen (secondary N) is 1. The summed E-state index contributed by atoms with van der Waals surface area (Å²) in [6.45, 7) is 4.20. The molecule has 0 unspecified atom stereocenters. The zero-order chi connectivity index (χ0) is 17.0. The highest BCUT2D eigenvalue weighted by molar-refractivity contribution is 8.01. The van der Waals surface area contributed by atoms with E-state index in [9.17, 15) is 8.42 Å². The predicted octanol–water partition coefficient (Wildman–Crippen LogP) is 3.75. The first-order valence-corrected chi connectivity index (χ1v) is 10.3. The molecule has 0 radical (unpaired) electrons. The number of thioether (sulfide) groups is 1. The van der Waals surface area contributed by atoms with Gasteiger partial charge in [-0.1, -0.05) is 48.5 Å². The number of anilines is 1. The Balaban J connectivity index is 2.13. The second-order valence-corrected chi connectivity index (χ2v) is 9.31. The van der Waals surface area contributed by atoms with Crippen molar-refractivity contribution < 1.29 is 13.2 Å². The Labute approximate surface area is 148 Å². The minimum Gasteiger partial charge on any atom is -0.495 e. The van der Waals surface area contributed by atoms with Crippen LogP contribution in [0, 0.1) is 5.92 Å². The molecule has 0 saturated heterocycles. The third-order valence-electron chi connectivity index (χ3n) is 2.60. The zero-order valence-corrected chi connectivity index (χ0v) is 15.9. The zero-order valence-electron chi connectivity index (χ0n) is 12.7. The fraction of sp³-hybridized carbons (Fsp3) is 0.385. The molecule has 0 aliphatic carbocycles. The molecule has 0 aliphatic rings. The third kappa shape index (κ3) is 4.97. The first kappa shape index (κ1) is 18.3. The van der Waals surface area contributed by atoms with Crippen LogP contribution in [0.2, 0.25) is 5.02 Å². The molecule has 23 heavy (non-hydrogen) atoms. The van der Waals surface area contributed by atoms with Crippen molar-refractivity contribution >= 4 is 49.9 Å². The van der Waals surface area contributed by atoms with Gasteiger partial charge in [-0.25, -0.2) is 8.42 Å². The van der Waals surface area contributed by atoms with Crippen molar-refractivity contribution in [3.8, 4) is 5.75 Å². The molecule has 10 heteroatoms. The molecule has 6 nitrogen and oxygen atoms in total. The van der Waals surface area contributed by atoms with Gasteiger partial charge < -0.3 is 4.74 Å². The molecule has 0 saturated carbocycles. The summed E-state index contributed by atoms with van der Waals surface area (Å²) in [5.41, 5.74) is 0. The number of nitrogens with zero attached hydrogens (tertiary/aromatic N) is 2. The van der Waals surface area contributed by atoms with E-state index in [1.807, 2.05) is 0 Å². The summed E-state index contributed by atoms with van der Waals surface area (Å²) in [6, 6.07) is 4.25. The van der Waals surface area contributed by atoms with Gasteiger partial charge in [-0.05, 0) is 24.1 Å². The van der Waals surface area contributed by atoms with E-state index in [-0.39, 0.29) is 15.0 Å². The van der Waals surface area contributed by atoms with Crippen molar-refractivity contribution in [3.05, 3.63) is 23.2 Å². The lowest BCUT2D eigenvalue weighted by atomic mass is 10.3. The lowest BCUT2D eigenvalue weighted by molar-refractivity contribution is 0.414. The van der Waals surface area contributed by atoms with Gasteiger partial charge in [0.2, 0.25) is 5.13 Å². The van der Waals surface area contributed by atoms with Gasteiger partial charge in [0.05, 0.1) is 17.0 Å². The Kier molecular flexibility index (Phi) is 6.12. The van der Waals surface area contributed by atoms with Crippen molar-refractivity contribution in [1.82, 2.24) is 10.2 Å². The number of hydrogen-bond donors (Lipinski definition) is 1. The molecule has 126 valence electrons. The molecular formula is C13H16ClN3O3S3. The summed E-state index contributed by atoms with van der Waals surface area (Å²) >= 11 is 8.72. The smallest absolute Gasteiger partial charge is 0.263 e. The van der Waals surface area contributed by atoms with Crippen LogP contribution in [0.3, 0.4) is 0 Å². The van der Waals surface area contributed by atoms with Gasteiger partial charge in [-0.2, -0.15) is 0 Å². The van der Waals surface area contributed by atoms with E-state index < -0.39 is 10.0 Å². The number of benzene rings is 1. The predicted molar refractivity (Wildman–Crippen MR) is 94.3 cm³/mol. The van der Waals surface area contributed by atoms with E-state index >= 15 is 0 Å². The summed E-state index contributed by atoms with van der Waals surface area (Å²) in [4.78, 5) is 0.0369. The van der Waals surface area contributed by atoms with E-state index in [2.05, 4.69) is 28.8 Å². The summed E-state index contributed by atoms with van der Waals surface area (Å²) in [5, 5.41) is 8.28. The van der Waals surface area contributed by atoms with Crippen LogP contribution in [0.1, 0.15) is 13.8 Å². The fourth-order valence-corrected chi connectivity index (χ4v) is 4.84. The Morgan fingerprint density at radius 2 is 2.13 bits per heavy atom. The van der Waals surface area contributed by atoms with Crippen molar-refractivity contribution in [2.75, 3.05) is 17.6 Å². The van der Waals surface area contributed by atoms with Gasteiger partial charge >= 0.3 is 0 Å². The van der Waals surface area contributed by atoms with Gasteiger partial charge in [-0.3, -0.25) is 4.72 Å². The largest absolute Gasteiger partial charge is 0.495 e. The maximum atomic E-state index is 12.4. The maximum absolute atomic E-state index is 12.4. The molecule has 2 rings (SSSR count). The number of hydrogen-bond acceptors (Lipinski definition) is 7. The van der Waals surface area contributed by atoms with Crippen molar-refractivity contribution in [2.24, 2.45) is 5.92 Å². The Morgan fingerprint density at radius 3 is 2.74 bits per heavy atom. The molecule has 1 aromatic heterocycles. The molecule has 0 amide bonds. The minimum atomic E-state index is -3.77. The van der Waals surface area contributed by atoms with Gasteiger partial charge in [-0.15, -0.1) is 10.2 Å². The van der Waals surface area contributed by atoms with E-state index in [1.54, 1.807) is 11.8 Å². The molecule has 0 aliphatic heterocycles. The SMILES string of the molecule is COc1ccc(S(=O)(=O)Nc2nnc(SCC(C)C)s2)cc1Cl. The molecule has 0 fully saturated rings. The van der Waals surface area contributed by atoms with Crippen LogP contribution in [0.4, 0.5) is 5.13 Å². The molecule has 1 aromatic carbocycles. The molecular weight excluding hydrogens is 378 g/mol. The van der Waals surface area contributed by atoms with Crippen molar-refractivity contribution in [1.29, 1.82) is 0 Å². The normalized spacial score (nSPS) is 11.7. The number of halogens is 1. The van der Waals surface area contributed by atoms with Crippen molar-refractivity contribution in [3.63, 3.8) is 0 Å². The van der Waals surface area contributed by atoms with Crippen LogP contribution in [-0.2, 0) is 10.0 Å². The highest BCUT2D eigenvalue weighted by atomic mass is 35.5. The highest BCUT2D eigenvalue weighted by Crippen LogP contribution is 2.30. The van der Waals surface area contributed by atoms with Crippen LogP contribution >= 0.6 is 34.7 Å². The Morgan fingerprint density at radius 1 is 1.39 bits per heavy atom. The summed E-state index contributed by atoms with van der Waals surface area (Å²) in [6.07, 6.45) is 0. The van der Waals surface area contributed by atoms with Crippen LogP contribution in [0.5, 0.6) is 5.75 Å². The van der Waals surface area contributed by atoms with Crippen LogP contribution < -0.4 is 9.46 Å². The molecule has 2 aromatic rings. The highest BCUT2D eigenvalue weighted by Gasteiger charge is 2.18. The van der Waals surface area contributed by atoms with Gasteiger partial charge in [0.25, 0.3) is 10.0 Å². The first-order valence-electron chi connectivity index (χ1n) is 6.64. The monoisotopic (exact) mass is 393 g/mol. The molecule has 1 N–H and O–H groups in total.